The molecule has 66 valence electrons. The van der Waals surface area contributed by atoms with Crippen LogP contribution in [0.1, 0.15) is 13.3 Å². The molecule has 0 aliphatic heterocycles. The van der Waals surface area contributed by atoms with Gasteiger partial charge in [0.05, 0.1) is 19.1 Å². The third-order valence-corrected chi connectivity index (χ3v) is 1.02. The van der Waals surface area contributed by atoms with Crippen molar-refractivity contribution in [2.75, 3.05) is 6.61 Å². The van der Waals surface area contributed by atoms with Gasteiger partial charge in [-0.15, -0.1) is 0 Å². The van der Waals surface area contributed by atoms with Crippen molar-refractivity contribution in [2.24, 2.45) is 0 Å². The molecule has 0 aromatic heterocycles. The third kappa shape index (κ3) is 5.45. The largest absolute Gasteiger partial charge is 0.433 e. The van der Waals surface area contributed by atoms with Gasteiger partial charge in [-0.05, 0) is 6.92 Å². The average molecular weight is 169 g/mol. The maximum Gasteiger partial charge on any atom is 0.332 e. The molecule has 12 heavy (non-hydrogen) atoms. The first-order valence-electron chi connectivity index (χ1n) is 3.52. The number of nitriles is 1. The van der Waals surface area contributed by atoms with E-state index < -0.39 is 12.3 Å². The number of carbonyl (C=O) groups excluding carboxylic acids is 1. The summed E-state index contributed by atoms with van der Waals surface area (Å²) in [6.45, 7) is 5.08. The molecule has 0 heterocycles. The predicted octanol–water partition coefficient (Wildman–Crippen LogP) is 0.992. The van der Waals surface area contributed by atoms with Gasteiger partial charge in [-0.3, -0.25) is 0 Å². The fraction of sp³-hybridized carbons (Fsp3) is 0.500. The summed E-state index contributed by atoms with van der Waals surface area (Å²) in [4.78, 5) is 10.6. The minimum atomic E-state index is -0.621. The van der Waals surface area contributed by atoms with Gasteiger partial charge in [0.2, 0.25) is 6.29 Å². The molecule has 0 aromatic rings. The van der Waals surface area contributed by atoms with E-state index in [0.717, 1.165) is 6.08 Å². The number of hydrogen-bond donors (Lipinski definition) is 0. The van der Waals surface area contributed by atoms with Crippen molar-refractivity contribution < 1.29 is 14.3 Å². The molecule has 0 fully saturated rings. The van der Waals surface area contributed by atoms with Gasteiger partial charge in [-0.1, -0.05) is 6.58 Å². The first-order chi connectivity index (χ1) is 5.70. The molecule has 0 amide bonds. The minimum absolute atomic E-state index is 0.266. The molecule has 0 aliphatic rings. The second kappa shape index (κ2) is 6.38. The number of nitrogens with zero attached hydrogens (tertiary/aromatic N) is 1. The number of esters is 1. The van der Waals surface area contributed by atoms with Crippen LogP contribution in [0.5, 0.6) is 0 Å². The Morgan fingerprint density at radius 2 is 2.50 bits per heavy atom. The molecule has 4 heteroatoms. The summed E-state index contributed by atoms with van der Waals surface area (Å²) < 4.78 is 9.60. The normalized spacial score (nSPS) is 11.3. The van der Waals surface area contributed by atoms with Crippen molar-refractivity contribution in [1.29, 1.82) is 5.26 Å². The van der Waals surface area contributed by atoms with Crippen LogP contribution in [0.25, 0.3) is 0 Å². The van der Waals surface area contributed by atoms with E-state index in [1.807, 2.05) is 6.07 Å². The van der Waals surface area contributed by atoms with Crippen molar-refractivity contribution >= 4 is 5.97 Å². The maximum atomic E-state index is 10.6. The van der Waals surface area contributed by atoms with E-state index in [1.165, 1.54) is 0 Å². The van der Waals surface area contributed by atoms with Crippen LogP contribution >= 0.6 is 0 Å². The van der Waals surface area contributed by atoms with E-state index in [1.54, 1.807) is 6.92 Å². The molecular weight excluding hydrogens is 158 g/mol. The lowest BCUT2D eigenvalue weighted by molar-refractivity contribution is -0.168. The Bertz CT molecular complexity index is 195. The summed E-state index contributed by atoms with van der Waals surface area (Å²) in [6, 6.07) is 1.90. The molecule has 4 nitrogen and oxygen atoms in total. The topological polar surface area (TPSA) is 59.3 Å². The van der Waals surface area contributed by atoms with Crippen molar-refractivity contribution in [3.05, 3.63) is 12.7 Å². The fourth-order valence-electron chi connectivity index (χ4n) is 0.516. The summed E-state index contributed by atoms with van der Waals surface area (Å²) in [6.07, 6.45) is 0.726. The zero-order chi connectivity index (χ0) is 9.40. The Kier molecular flexibility index (Phi) is 5.66. The van der Waals surface area contributed by atoms with Crippen molar-refractivity contribution in [3.8, 4) is 6.07 Å². The lowest BCUT2D eigenvalue weighted by atomic mass is 10.5. The van der Waals surface area contributed by atoms with Gasteiger partial charge in [-0.2, -0.15) is 5.26 Å². The smallest absolute Gasteiger partial charge is 0.332 e. The molecule has 0 bridgehead atoms. The van der Waals surface area contributed by atoms with Gasteiger partial charge in [0.15, 0.2) is 0 Å². The van der Waals surface area contributed by atoms with Crippen LogP contribution < -0.4 is 0 Å². The molecule has 0 aromatic carbocycles. The number of carbonyl (C=O) groups is 1. The highest BCUT2D eigenvalue weighted by molar-refractivity contribution is 5.81. The van der Waals surface area contributed by atoms with Crippen LogP contribution in [-0.4, -0.2) is 18.9 Å². The summed E-state index contributed by atoms with van der Waals surface area (Å²) in [5.41, 5.74) is 0. The number of hydrogen-bond acceptors (Lipinski definition) is 4. The first-order valence-corrected chi connectivity index (χ1v) is 3.52. The van der Waals surface area contributed by atoms with Crippen molar-refractivity contribution in [1.82, 2.24) is 0 Å². The predicted molar refractivity (Wildman–Crippen MR) is 41.9 cm³/mol. The molecule has 0 rings (SSSR count). The van der Waals surface area contributed by atoms with E-state index >= 15 is 0 Å². The zero-order valence-electron chi connectivity index (χ0n) is 6.95. The highest BCUT2D eigenvalue weighted by Gasteiger charge is 2.04. The van der Waals surface area contributed by atoms with Crippen molar-refractivity contribution in [2.45, 2.75) is 19.6 Å². The molecule has 0 spiro atoms. The lowest BCUT2D eigenvalue weighted by Gasteiger charge is -2.10. The molecule has 1 atom stereocenters. The van der Waals surface area contributed by atoms with E-state index in [-0.39, 0.29) is 13.0 Å². The Balaban J connectivity index is 3.46. The van der Waals surface area contributed by atoms with Gasteiger partial charge >= 0.3 is 5.97 Å². The standard InChI is InChI=1S/C8H11NO3/c1-3-8(10)12-7(2)11-6-4-5-9/h3,7H,1,4,6H2,2H3. The Morgan fingerprint density at radius 3 is 3.00 bits per heavy atom. The Morgan fingerprint density at radius 1 is 1.83 bits per heavy atom. The molecule has 0 saturated carbocycles. The maximum absolute atomic E-state index is 10.6. The lowest BCUT2D eigenvalue weighted by Crippen LogP contribution is -2.16. The molecule has 1 unspecified atom stereocenters. The second-order valence-corrected chi connectivity index (χ2v) is 1.99. The highest BCUT2D eigenvalue weighted by Crippen LogP contribution is 1.95. The van der Waals surface area contributed by atoms with E-state index in [4.69, 9.17) is 10.00 Å². The first kappa shape index (κ1) is 10.7. The van der Waals surface area contributed by atoms with Crippen LogP contribution in [0.3, 0.4) is 0 Å². The summed E-state index contributed by atoms with van der Waals surface area (Å²) in [5.74, 6) is -0.528. The van der Waals surface area contributed by atoms with E-state index in [0.29, 0.717) is 0 Å². The van der Waals surface area contributed by atoms with Gasteiger partial charge in [0.25, 0.3) is 0 Å². The van der Waals surface area contributed by atoms with Gasteiger partial charge in [0.1, 0.15) is 0 Å². The summed E-state index contributed by atoms with van der Waals surface area (Å²) in [7, 11) is 0. The van der Waals surface area contributed by atoms with Crippen LogP contribution in [0.15, 0.2) is 12.7 Å². The van der Waals surface area contributed by atoms with Gasteiger partial charge in [-0.25, -0.2) is 4.79 Å². The monoisotopic (exact) mass is 169 g/mol. The Labute approximate surface area is 71.4 Å². The quantitative estimate of drug-likeness (QED) is 0.266. The third-order valence-electron chi connectivity index (χ3n) is 1.02. The summed E-state index contributed by atoms with van der Waals surface area (Å²) in [5, 5.41) is 8.15. The van der Waals surface area contributed by atoms with Crippen LogP contribution in [0.4, 0.5) is 0 Å². The molecule has 0 saturated heterocycles. The Hall–Kier alpha value is -1.34. The van der Waals surface area contributed by atoms with E-state index in [9.17, 15) is 4.79 Å². The molecular formula is C8H11NO3. The van der Waals surface area contributed by atoms with Crippen LogP contribution in [0.2, 0.25) is 0 Å². The van der Waals surface area contributed by atoms with Crippen molar-refractivity contribution in [3.63, 3.8) is 0 Å². The molecule has 0 aliphatic carbocycles. The average Bonchev–Trinajstić information content (AvgIpc) is 2.05. The molecule has 0 N–H and O–H groups in total. The zero-order valence-corrected chi connectivity index (χ0v) is 6.95. The van der Waals surface area contributed by atoms with Crippen LogP contribution in [0, 0.1) is 11.3 Å². The fourth-order valence-corrected chi connectivity index (χ4v) is 0.516. The second-order valence-electron chi connectivity index (χ2n) is 1.99. The number of ether oxygens (including phenoxy) is 2. The molecule has 0 radical (unpaired) electrons. The van der Waals surface area contributed by atoms with Gasteiger partial charge in [0, 0.05) is 6.08 Å². The van der Waals surface area contributed by atoms with Crippen LogP contribution in [-0.2, 0) is 14.3 Å². The SMILES string of the molecule is C=CC(=O)OC(C)OCCC#N. The van der Waals surface area contributed by atoms with Gasteiger partial charge < -0.3 is 9.47 Å². The number of rotatable bonds is 5. The van der Waals surface area contributed by atoms with E-state index in [2.05, 4.69) is 11.3 Å². The summed E-state index contributed by atoms with van der Waals surface area (Å²) >= 11 is 0. The minimum Gasteiger partial charge on any atom is -0.433 e. The highest BCUT2D eigenvalue weighted by atomic mass is 16.7.